The fourth-order valence-electron chi connectivity index (χ4n) is 2.32. The lowest BCUT2D eigenvalue weighted by Gasteiger charge is -2.17. The molecule has 1 aliphatic heterocycles. The number of fused-ring (bicyclic) bond motifs is 1. The van der Waals surface area contributed by atoms with Crippen molar-refractivity contribution in [2.24, 2.45) is 0 Å². The van der Waals surface area contributed by atoms with E-state index in [1.54, 1.807) is 23.1 Å². The van der Waals surface area contributed by atoms with Gasteiger partial charge in [-0.25, -0.2) is 0 Å². The van der Waals surface area contributed by atoms with E-state index in [0.29, 0.717) is 23.1 Å². The van der Waals surface area contributed by atoms with E-state index < -0.39 is 0 Å². The highest BCUT2D eigenvalue weighted by Crippen LogP contribution is 2.29. The van der Waals surface area contributed by atoms with Crippen LogP contribution < -0.4 is 0 Å². The minimum Gasteiger partial charge on any atom is -0.330 e. The maximum Gasteiger partial charge on any atom is 0.254 e. The van der Waals surface area contributed by atoms with Gasteiger partial charge in [0, 0.05) is 34.3 Å². The Labute approximate surface area is 121 Å². The van der Waals surface area contributed by atoms with E-state index >= 15 is 0 Å². The van der Waals surface area contributed by atoms with Crippen LogP contribution in [0.15, 0.2) is 42.5 Å². The summed E-state index contributed by atoms with van der Waals surface area (Å²) in [6.45, 7) is 1.04. The number of carbonyl (C=O) groups excluding carboxylic acids is 1. The minimum absolute atomic E-state index is 0.0339. The average Bonchev–Trinajstić information content (AvgIpc) is 2.72. The van der Waals surface area contributed by atoms with E-state index in [9.17, 15) is 4.79 Å². The highest BCUT2D eigenvalue weighted by Gasteiger charge is 2.27. The molecule has 0 saturated heterocycles. The first kappa shape index (κ1) is 12.5. The summed E-state index contributed by atoms with van der Waals surface area (Å²) in [5.74, 6) is 0.0339. The topological polar surface area (TPSA) is 20.3 Å². The summed E-state index contributed by atoms with van der Waals surface area (Å²) < 4.78 is 0. The molecule has 2 nitrogen and oxygen atoms in total. The van der Waals surface area contributed by atoms with Gasteiger partial charge < -0.3 is 4.90 Å². The maximum absolute atomic E-state index is 12.3. The van der Waals surface area contributed by atoms with Crippen LogP contribution in [0.5, 0.6) is 0 Å². The summed E-state index contributed by atoms with van der Waals surface area (Å²) in [6, 6.07) is 13.0. The first-order valence-electron chi connectivity index (χ1n) is 5.97. The molecule has 4 heteroatoms. The Morgan fingerprint density at radius 1 is 1.00 bits per heavy atom. The van der Waals surface area contributed by atoms with Crippen LogP contribution in [0.3, 0.4) is 0 Å². The molecule has 0 aromatic heterocycles. The molecule has 0 bridgehead atoms. The Balaban J connectivity index is 1.89. The third-order valence-corrected chi connectivity index (χ3v) is 4.02. The van der Waals surface area contributed by atoms with Crippen LogP contribution in [0.2, 0.25) is 10.0 Å². The fourth-order valence-corrected chi connectivity index (χ4v) is 2.83. The van der Waals surface area contributed by atoms with Crippen molar-refractivity contribution in [1.82, 2.24) is 4.90 Å². The number of nitrogens with zero attached hydrogens (tertiary/aromatic N) is 1. The summed E-state index contributed by atoms with van der Waals surface area (Å²) >= 11 is 12.3. The van der Waals surface area contributed by atoms with Crippen molar-refractivity contribution in [3.8, 4) is 0 Å². The van der Waals surface area contributed by atoms with Gasteiger partial charge in [-0.15, -0.1) is 0 Å². The molecule has 3 rings (SSSR count). The van der Waals surface area contributed by atoms with E-state index in [1.807, 2.05) is 24.3 Å². The molecular weight excluding hydrogens is 281 g/mol. The van der Waals surface area contributed by atoms with Crippen molar-refractivity contribution in [2.45, 2.75) is 13.1 Å². The van der Waals surface area contributed by atoms with Crippen molar-refractivity contribution in [2.75, 3.05) is 0 Å². The lowest BCUT2D eigenvalue weighted by molar-refractivity contribution is 0.0767. The van der Waals surface area contributed by atoms with Crippen molar-refractivity contribution in [1.29, 1.82) is 0 Å². The van der Waals surface area contributed by atoms with E-state index in [-0.39, 0.29) is 5.91 Å². The lowest BCUT2D eigenvalue weighted by Crippen LogP contribution is -2.23. The molecule has 0 fully saturated rings. The van der Waals surface area contributed by atoms with Gasteiger partial charge in [-0.3, -0.25) is 4.79 Å². The number of hydrogen-bond acceptors (Lipinski definition) is 1. The van der Waals surface area contributed by atoms with Crippen molar-refractivity contribution < 1.29 is 4.79 Å². The highest BCUT2D eigenvalue weighted by atomic mass is 35.5. The predicted octanol–water partition coefficient (Wildman–Crippen LogP) is 4.15. The third kappa shape index (κ3) is 2.22. The second kappa shape index (κ2) is 4.87. The van der Waals surface area contributed by atoms with Crippen LogP contribution in [-0.4, -0.2) is 10.8 Å². The number of halogens is 2. The SMILES string of the molecule is O=C1c2ccccc2CN1Cc1c(Cl)cccc1Cl. The Hall–Kier alpha value is -1.51. The van der Waals surface area contributed by atoms with Crippen LogP contribution in [0.4, 0.5) is 0 Å². The zero-order valence-corrected chi connectivity index (χ0v) is 11.6. The van der Waals surface area contributed by atoms with Gasteiger partial charge in [0.25, 0.3) is 5.91 Å². The molecule has 2 aromatic rings. The second-order valence-corrected chi connectivity index (χ2v) is 5.33. The first-order chi connectivity index (χ1) is 9.16. The number of hydrogen-bond donors (Lipinski definition) is 0. The molecule has 0 radical (unpaired) electrons. The lowest BCUT2D eigenvalue weighted by atomic mass is 10.1. The zero-order chi connectivity index (χ0) is 13.4. The molecular formula is C15H11Cl2NO. The summed E-state index contributed by atoms with van der Waals surface area (Å²) in [6.07, 6.45) is 0. The molecule has 0 unspecified atom stereocenters. The first-order valence-corrected chi connectivity index (χ1v) is 6.72. The molecule has 96 valence electrons. The molecule has 2 aromatic carbocycles. The number of carbonyl (C=O) groups is 1. The van der Waals surface area contributed by atoms with Crippen LogP contribution in [0.1, 0.15) is 21.5 Å². The molecule has 0 spiro atoms. The van der Waals surface area contributed by atoms with Gasteiger partial charge in [0.1, 0.15) is 0 Å². The van der Waals surface area contributed by atoms with Gasteiger partial charge in [0.05, 0.1) is 0 Å². The largest absolute Gasteiger partial charge is 0.330 e. The van der Waals surface area contributed by atoms with Gasteiger partial charge in [-0.2, -0.15) is 0 Å². The Morgan fingerprint density at radius 2 is 1.68 bits per heavy atom. The van der Waals surface area contributed by atoms with Gasteiger partial charge in [-0.1, -0.05) is 47.5 Å². The number of rotatable bonds is 2. The Bertz CT molecular complexity index is 634. The van der Waals surface area contributed by atoms with Crippen molar-refractivity contribution >= 4 is 29.1 Å². The normalized spacial score (nSPS) is 13.8. The standard InChI is InChI=1S/C15H11Cl2NO/c16-13-6-3-7-14(17)12(13)9-18-8-10-4-1-2-5-11(10)15(18)19/h1-7H,8-9H2. The van der Waals surface area contributed by atoms with Crippen LogP contribution in [0, 0.1) is 0 Å². The summed E-state index contributed by atoms with van der Waals surface area (Å²) in [4.78, 5) is 14.0. The van der Waals surface area contributed by atoms with E-state index in [4.69, 9.17) is 23.2 Å². The van der Waals surface area contributed by atoms with Gasteiger partial charge >= 0.3 is 0 Å². The predicted molar refractivity (Wildman–Crippen MR) is 76.5 cm³/mol. The van der Waals surface area contributed by atoms with E-state index in [0.717, 1.165) is 16.7 Å². The van der Waals surface area contributed by atoms with Crippen molar-refractivity contribution in [3.05, 3.63) is 69.2 Å². The minimum atomic E-state index is 0.0339. The summed E-state index contributed by atoms with van der Waals surface area (Å²) in [7, 11) is 0. The van der Waals surface area contributed by atoms with Crippen molar-refractivity contribution in [3.63, 3.8) is 0 Å². The highest BCUT2D eigenvalue weighted by molar-refractivity contribution is 6.36. The van der Waals surface area contributed by atoms with Gasteiger partial charge in [-0.05, 0) is 23.8 Å². The van der Waals surface area contributed by atoms with Crippen LogP contribution in [0.25, 0.3) is 0 Å². The fraction of sp³-hybridized carbons (Fsp3) is 0.133. The molecule has 1 amide bonds. The second-order valence-electron chi connectivity index (χ2n) is 4.52. The summed E-state index contributed by atoms with van der Waals surface area (Å²) in [5.41, 5.74) is 2.62. The molecule has 1 heterocycles. The molecule has 0 N–H and O–H groups in total. The molecule has 0 aliphatic carbocycles. The maximum atomic E-state index is 12.3. The quantitative estimate of drug-likeness (QED) is 0.814. The zero-order valence-electron chi connectivity index (χ0n) is 10.1. The molecule has 19 heavy (non-hydrogen) atoms. The van der Waals surface area contributed by atoms with Gasteiger partial charge in [0.2, 0.25) is 0 Å². The number of amides is 1. The third-order valence-electron chi connectivity index (χ3n) is 3.31. The average molecular weight is 292 g/mol. The monoisotopic (exact) mass is 291 g/mol. The van der Waals surface area contributed by atoms with Crippen LogP contribution >= 0.6 is 23.2 Å². The van der Waals surface area contributed by atoms with Gasteiger partial charge in [0.15, 0.2) is 0 Å². The molecule has 0 saturated carbocycles. The molecule has 1 aliphatic rings. The smallest absolute Gasteiger partial charge is 0.254 e. The number of benzene rings is 2. The van der Waals surface area contributed by atoms with Crippen LogP contribution in [-0.2, 0) is 13.1 Å². The Morgan fingerprint density at radius 3 is 2.37 bits per heavy atom. The van der Waals surface area contributed by atoms with E-state index in [2.05, 4.69) is 0 Å². The summed E-state index contributed by atoms with van der Waals surface area (Å²) in [5, 5.41) is 1.19. The Kier molecular flexibility index (Phi) is 3.21. The van der Waals surface area contributed by atoms with E-state index in [1.165, 1.54) is 0 Å². The molecule has 0 atom stereocenters.